The van der Waals surface area contributed by atoms with Crippen LogP contribution in [0.25, 0.3) is 0 Å². The van der Waals surface area contributed by atoms with Gasteiger partial charge in [-0.1, -0.05) is 6.92 Å². The van der Waals surface area contributed by atoms with Crippen molar-refractivity contribution in [1.29, 1.82) is 0 Å². The predicted octanol–water partition coefficient (Wildman–Crippen LogP) is 1.64. The smallest absolute Gasteiger partial charge is 0.247 e. The second kappa shape index (κ2) is 11.7. The summed E-state index contributed by atoms with van der Waals surface area (Å²) in [5, 5.41) is 13.5. The number of anilines is 1. The molecule has 2 N–H and O–H groups in total. The van der Waals surface area contributed by atoms with Gasteiger partial charge in [0.1, 0.15) is 11.6 Å². The number of piperazine rings is 1. The predicted molar refractivity (Wildman–Crippen MR) is 130 cm³/mol. The normalized spacial score (nSPS) is 25.1. The molecule has 0 spiro atoms. The molecule has 8 nitrogen and oxygen atoms in total. The number of imide groups is 1. The number of aliphatic hydroxyl groups excluding tert-OH is 1. The molecule has 1 aromatic carbocycles. The van der Waals surface area contributed by atoms with Gasteiger partial charge in [0.05, 0.1) is 36.4 Å². The molecule has 2 saturated heterocycles. The number of amides is 2. The number of carbonyl (C=O) groups excluding carboxylic acids is 2. The number of hydrogen-bond donors (Lipinski definition) is 2. The van der Waals surface area contributed by atoms with Crippen LogP contribution in [0.15, 0.2) is 18.2 Å². The molecular formula is C24H36ClFN4O4. The van der Waals surface area contributed by atoms with Crippen LogP contribution in [0.2, 0.25) is 0 Å². The van der Waals surface area contributed by atoms with Crippen LogP contribution >= 0.6 is 12.4 Å². The van der Waals surface area contributed by atoms with Gasteiger partial charge in [0.25, 0.3) is 0 Å². The van der Waals surface area contributed by atoms with Crippen molar-refractivity contribution in [1.82, 2.24) is 15.1 Å². The Morgan fingerprint density at radius 2 is 1.79 bits per heavy atom. The number of hydrogen-bond acceptors (Lipinski definition) is 7. The number of rotatable bonds is 8. The lowest BCUT2D eigenvalue weighted by Gasteiger charge is -2.38. The number of halogens is 2. The highest BCUT2D eigenvalue weighted by molar-refractivity contribution is 6.06. The number of carbonyl (C=O) groups is 2. The molecule has 2 amide bonds. The second-order valence-electron chi connectivity index (χ2n) is 9.42. The molecule has 1 aromatic rings. The number of benzene rings is 1. The molecule has 0 radical (unpaired) electrons. The Labute approximate surface area is 206 Å². The van der Waals surface area contributed by atoms with E-state index >= 15 is 0 Å². The third-order valence-corrected chi connectivity index (χ3v) is 7.09. The molecule has 4 rings (SSSR count). The SMILES string of the molecule is CNC1C(=O)N(CC(O)CN2CCN(c3cc(F)ccc3OC3CCCC3)CC2)C(=O)C1C.Cl. The molecule has 10 heteroatoms. The van der Waals surface area contributed by atoms with Crippen LogP contribution in [0.5, 0.6) is 5.75 Å². The van der Waals surface area contributed by atoms with E-state index in [1.165, 1.54) is 23.8 Å². The summed E-state index contributed by atoms with van der Waals surface area (Å²) in [5.41, 5.74) is 0.780. The Morgan fingerprint density at radius 3 is 2.41 bits per heavy atom. The van der Waals surface area contributed by atoms with Crippen molar-refractivity contribution >= 4 is 29.9 Å². The maximum Gasteiger partial charge on any atom is 0.247 e. The average molecular weight is 499 g/mol. The fourth-order valence-electron chi connectivity index (χ4n) is 5.19. The fraction of sp³-hybridized carbons (Fsp3) is 0.667. The van der Waals surface area contributed by atoms with Crippen molar-refractivity contribution in [3.05, 3.63) is 24.0 Å². The Bertz CT molecular complexity index is 861. The standard InChI is InChI=1S/C24H35FN4O4.ClH/c1-16-22(26-2)24(32)29(23(16)31)15-18(30)14-27-9-11-28(12-10-27)20-13-17(25)7-8-21(20)33-19-5-3-4-6-19;/h7-8,13,16,18-19,22,26,30H,3-6,9-12,14-15H2,1-2H3;1H. The minimum atomic E-state index is -0.817. The van der Waals surface area contributed by atoms with Crippen molar-refractivity contribution in [2.24, 2.45) is 5.92 Å². The fourth-order valence-corrected chi connectivity index (χ4v) is 5.19. The quantitative estimate of drug-likeness (QED) is 0.527. The average Bonchev–Trinajstić information content (AvgIpc) is 3.38. The van der Waals surface area contributed by atoms with Gasteiger partial charge in [-0.3, -0.25) is 19.4 Å². The van der Waals surface area contributed by atoms with E-state index in [0.29, 0.717) is 32.7 Å². The Kier molecular flexibility index (Phi) is 9.14. The summed E-state index contributed by atoms with van der Waals surface area (Å²) in [7, 11) is 1.66. The minimum Gasteiger partial charge on any atom is -0.488 e. The molecule has 34 heavy (non-hydrogen) atoms. The molecule has 1 aliphatic carbocycles. The highest BCUT2D eigenvalue weighted by Crippen LogP contribution is 2.33. The summed E-state index contributed by atoms with van der Waals surface area (Å²) in [6.45, 7) is 4.84. The summed E-state index contributed by atoms with van der Waals surface area (Å²) in [6.07, 6.45) is 3.81. The van der Waals surface area contributed by atoms with E-state index in [1.54, 1.807) is 26.1 Å². The first-order chi connectivity index (χ1) is 15.9. The van der Waals surface area contributed by atoms with E-state index in [4.69, 9.17) is 4.74 Å². The van der Waals surface area contributed by atoms with E-state index in [0.717, 1.165) is 24.3 Å². The summed E-state index contributed by atoms with van der Waals surface area (Å²) >= 11 is 0. The highest BCUT2D eigenvalue weighted by Gasteiger charge is 2.44. The molecule has 3 atom stereocenters. The number of likely N-dealkylation sites (tertiary alicyclic amines) is 1. The number of aliphatic hydroxyl groups is 1. The molecule has 2 heterocycles. The van der Waals surface area contributed by atoms with Crippen LogP contribution in [-0.4, -0.2) is 91.3 Å². The van der Waals surface area contributed by atoms with Gasteiger partial charge >= 0.3 is 0 Å². The third-order valence-electron chi connectivity index (χ3n) is 7.09. The Hall–Kier alpha value is -1.94. The van der Waals surface area contributed by atoms with Gasteiger partial charge in [-0.25, -0.2) is 4.39 Å². The third kappa shape index (κ3) is 5.82. The van der Waals surface area contributed by atoms with E-state index < -0.39 is 18.1 Å². The van der Waals surface area contributed by atoms with E-state index in [1.807, 2.05) is 0 Å². The van der Waals surface area contributed by atoms with Crippen molar-refractivity contribution in [3.8, 4) is 5.75 Å². The van der Waals surface area contributed by atoms with Crippen LogP contribution in [-0.2, 0) is 9.59 Å². The first-order valence-electron chi connectivity index (χ1n) is 12.0. The summed E-state index contributed by atoms with van der Waals surface area (Å²) in [6, 6.07) is 4.18. The topological polar surface area (TPSA) is 85.4 Å². The summed E-state index contributed by atoms with van der Waals surface area (Å²) in [5.74, 6) is -0.499. The van der Waals surface area contributed by atoms with E-state index in [2.05, 4.69) is 15.1 Å². The lowest BCUT2D eigenvalue weighted by Crippen LogP contribution is -2.51. The molecular weight excluding hydrogens is 463 g/mol. The van der Waals surface area contributed by atoms with Crippen LogP contribution in [0, 0.1) is 11.7 Å². The lowest BCUT2D eigenvalue weighted by atomic mass is 10.1. The first-order valence-corrected chi connectivity index (χ1v) is 12.0. The molecule has 3 fully saturated rings. The minimum absolute atomic E-state index is 0. The van der Waals surface area contributed by atoms with Crippen molar-refractivity contribution < 1.29 is 23.8 Å². The van der Waals surface area contributed by atoms with Gasteiger partial charge in [-0.05, 0) is 44.9 Å². The first kappa shape index (κ1) is 26.7. The zero-order valence-corrected chi connectivity index (χ0v) is 20.7. The maximum absolute atomic E-state index is 14.0. The van der Waals surface area contributed by atoms with Crippen molar-refractivity contribution in [3.63, 3.8) is 0 Å². The van der Waals surface area contributed by atoms with Gasteiger partial charge in [-0.15, -0.1) is 12.4 Å². The zero-order valence-electron chi connectivity index (χ0n) is 19.9. The highest BCUT2D eigenvalue weighted by atomic mass is 35.5. The van der Waals surface area contributed by atoms with Crippen LogP contribution in [0.1, 0.15) is 32.6 Å². The molecule has 3 aliphatic rings. The molecule has 0 bridgehead atoms. The van der Waals surface area contributed by atoms with E-state index in [-0.39, 0.29) is 42.7 Å². The molecule has 190 valence electrons. The van der Waals surface area contributed by atoms with Crippen molar-refractivity contribution in [2.45, 2.75) is 50.9 Å². The molecule has 1 saturated carbocycles. The van der Waals surface area contributed by atoms with Gasteiger partial charge in [-0.2, -0.15) is 0 Å². The van der Waals surface area contributed by atoms with E-state index in [9.17, 15) is 19.1 Å². The second-order valence-corrected chi connectivity index (χ2v) is 9.42. The van der Waals surface area contributed by atoms with Crippen LogP contribution in [0.3, 0.4) is 0 Å². The molecule has 2 aliphatic heterocycles. The molecule has 0 aromatic heterocycles. The zero-order chi connectivity index (χ0) is 23.5. The number of nitrogens with zero attached hydrogens (tertiary/aromatic N) is 3. The van der Waals surface area contributed by atoms with Gasteiger partial charge in [0.15, 0.2) is 0 Å². The van der Waals surface area contributed by atoms with Gasteiger partial charge in [0.2, 0.25) is 11.8 Å². The number of nitrogens with one attached hydrogen (secondary N) is 1. The molecule has 3 unspecified atom stereocenters. The monoisotopic (exact) mass is 498 g/mol. The number of β-amino-alcohol motifs (C(OH)–C–C–N with tert-alkyl or cyclic N) is 1. The Morgan fingerprint density at radius 1 is 1.12 bits per heavy atom. The summed E-state index contributed by atoms with van der Waals surface area (Å²) < 4.78 is 20.2. The van der Waals surface area contributed by atoms with Gasteiger partial charge in [0, 0.05) is 38.8 Å². The number of ether oxygens (including phenoxy) is 1. The maximum atomic E-state index is 14.0. The van der Waals surface area contributed by atoms with Crippen LogP contribution in [0.4, 0.5) is 10.1 Å². The van der Waals surface area contributed by atoms with Crippen LogP contribution < -0.4 is 15.0 Å². The Balaban J connectivity index is 0.00000324. The van der Waals surface area contributed by atoms with Crippen molar-refractivity contribution in [2.75, 3.05) is 51.2 Å². The number of likely N-dealkylation sites (N-methyl/N-ethyl adjacent to an activating group) is 1. The summed E-state index contributed by atoms with van der Waals surface area (Å²) in [4.78, 5) is 30.2. The lowest BCUT2D eigenvalue weighted by molar-refractivity contribution is -0.141. The van der Waals surface area contributed by atoms with Gasteiger partial charge < -0.3 is 20.1 Å². The largest absolute Gasteiger partial charge is 0.488 e.